The molecule has 0 unspecified atom stereocenters. The molecule has 2 aromatic carbocycles. The lowest BCUT2D eigenvalue weighted by Crippen LogP contribution is -3.00. The van der Waals surface area contributed by atoms with Crippen molar-refractivity contribution in [2.75, 3.05) is 40.4 Å². The molecule has 168 valence electrons. The Morgan fingerprint density at radius 3 is 1.43 bits per heavy atom. The van der Waals surface area contributed by atoms with E-state index in [9.17, 15) is 0 Å². The maximum atomic E-state index is 5.27. The summed E-state index contributed by atoms with van der Waals surface area (Å²) < 4.78 is 11.9. The van der Waals surface area contributed by atoms with Crippen LogP contribution in [0, 0.1) is 0 Å². The molecule has 0 saturated carbocycles. The first kappa shape index (κ1) is 26.6. The van der Waals surface area contributed by atoms with E-state index in [0.29, 0.717) is 0 Å². The highest BCUT2D eigenvalue weighted by Crippen LogP contribution is 2.22. The topological polar surface area (TPSA) is 18.5 Å². The van der Waals surface area contributed by atoms with Gasteiger partial charge in [-0.15, -0.1) is 12.4 Å². The number of hydrogen-bond donors (Lipinski definition) is 0. The van der Waals surface area contributed by atoms with E-state index in [1.165, 1.54) is 86.7 Å². The first-order chi connectivity index (χ1) is 13.7. The molecule has 3 rings (SSSR count). The Morgan fingerprint density at radius 1 is 0.667 bits per heavy atom. The third-order valence-electron chi connectivity index (χ3n) is 6.28. The summed E-state index contributed by atoms with van der Waals surface area (Å²) in [6.45, 7) is 5.36. The summed E-state index contributed by atoms with van der Waals surface area (Å²) in [5, 5.41) is 0. The fourth-order valence-corrected chi connectivity index (χ4v) is 4.56. The normalized spacial score (nSPS) is 14.9. The number of quaternary nitrogens is 1. The van der Waals surface area contributed by atoms with Crippen molar-refractivity contribution in [2.45, 2.75) is 44.9 Å². The molecule has 1 saturated heterocycles. The number of halogens is 2. The lowest BCUT2D eigenvalue weighted by atomic mass is 10.0. The van der Waals surface area contributed by atoms with Crippen molar-refractivity contribution in [3.8, 4) is 11.5 Å². The largest absolute Gasteiger partial charge is 1.00 e. The number of likely N-dealkylation sites (tertiary alicyclic amines) is 1. The third kappa shape index (κ3) is 8.02. The summed E-state index contributed by atoms with van der Waals surface area (Å²) >= 11 is 0. The maximum absolute atomic E-state index is 5.27. The molecule has 1 heterocycles. The molecule has 0 N–H and O–H groups in total. The van der Waals surface area contributed by atoms with E-state index in [-0.39, 0.29) is 24.8 Å². The van der Waals surface area contributed by atoms with E-state index in [1.54, 1.807) is 14.2 Å². The minimum atomic E-state index is 0. The fraction of sp³-hybridized carbons (Fsp3) is 0.520. The quantitative estimate of drug-likeness (QED) is 0.514. The Bertz CT molecular complexity index is 643. The number of piperidine rings is 1. The van der Waals surface area contributed by atoms with Gasteiger partial charge in [0.2, 0.25) is 0 Å². The minimum Gasteiger partial charge on any atom is -1.00 e. The number of methoxy groups -OCH3 is 2. The number of aryl methyl sites for hydroxylation is 2. The third-order valence-corrected chi connectivity index (χ3v) is 6.28. The molecule has 0 atom stereocenters. The molecule has 0 bridgehead atoms. The zero-order valence-corrected chi connectivity index (χ0v) is 20.0. The summed E-state index contributed by atoms with van der Waals surface area (Å²) in [7, 11) is 3.45. The van der Waals surface area contributed by atoms with Gasteiger partial charge in [-0.1, -0.05) is 24.3 Å². The molecule has 0 spiro atoms. The van der Waals surface area contributed by atoms with Gasteiger partial charge in [0, 0.05) is 12.8 Å². The molecule has 3 nitrogen and oxygen atoms in total. The second-order valence-electron chi connectivity index (χ2n) is 8.20. The predicted molar refractivity (Wildman–Crippen MR) is 123 cm³/mol. The molecule has 0 amide bonds. The zero-order chi connectivity index (χ0) is 19.7. The van der Waals surface area contributed by atoms with Crippen molar-refractivity contribution in [1.29, 1.82) is 0 Å². The van der Waals surface area contributed by atoms with E-state index in [2.05, 4.69) is 48.5 Å². The second kappa shape index (κ2) is 13.8. The molecule has 1 aliphatic heterocycles. The van der Waals surface area contributed by atoms with Crippen LogP contribution in [0.15, 0.2) is 48.5 Å². The molecule has 30 heavy (non-hydrogen) atoms. The highest BCUT2D eigenvalue weighted by molar-refractivity contribution is 5.85. The molecule has 2 aromatic rings. The van der Waals surface area contributed by atoms with Crippen LogP contribution in [0.1, 0.15) is 43.2 Å². The van der Waals surface area contributed by atoms with Crippen molar-refractivity contribution in [3.63, 3.8) is 0 Å². The summed E-state index contributed by atoms with van der Waals surface area (Å²) in [6, 6.07) is 17.2. The molecule has 1 fully saturated rings. The summed E-state index contributed by atoms with van der Waals surface area (Å²) in [6.07, 6.45) is 9.09. The van der Waals surface area contributed by atoms with Crippen LogP contribution in [0.25, 0.3) is 0 Å². The molecule has 0 radical (unpaired) electrons. The Labute approximate surface area is 195 Å². The van der Waals surface area contributed by atoms with Crippen molar-refractivity contribution in [3.05, 3.63) is 59.7 Å². The molecule has 5 heteroatoms. The highest BCUT2D eigenvalue weighted by Gasteiger charge is 2.28. The number of nitrogens with zero attached hydrogens (tertiary/aromatic N) is 1. The van der Waals surface area contributed by atoms with Gasteiger partial charge in [0.15, 0.2) is 0 Å². The second-order valence-corrected chi connectivity index (χ2v) is 8.20. The Morgan fingerprint density at radius 2 is 1.07 bits per heavy atom. The standard InChI is InChI=1S/C25H36NO2.2ClH/c1-27-24-14-10-22(11-15-24)8-6-20-26(18-4-3-5-19-26)21-7-9-23-12-16-25(28-2)17-13-23;;/h10-17H,3-9,18-21H2,1-2H3;2*1H/q+1;;/p-1. The molecule has 0 aliphatic carbocycles. The monoisotopic (exact) mass is 453 g/mol. The smallest absolute Gasteiger partial charge is 0.118 e. The van der Waals surface area contributed by atoms with Crippen LogP contribution < -0.4 is 21.9 Å². The SMILES string of the molecule is COc1ccc(CCC[N+]2(CCCc3ccc(OC)cc3)CCCCC2)cc1.Cl.[Cl-]. The average Bonchev–Trinajstić information content (AvgIpc) is 2.75. The average molecular weight is 454 g/mol. The Hall–Kier alpha value is -1.42. The van der Waals surface area contributed by atoms with Crippen LogP contribution in [0.4, 0.5) is 0 Å². The van der Waals surface area contributed by atoms with Crippen molar-refractivity contribution >= 4 is 12.4 Å². The van der Waals surface area contributed by atoms with E-state index >= 15 is 0 Å². The predicted octanol–water partition coefficient (Wildman–Crippen LogP) is 2.70. The van der Waals surface area contributed by atoms with Gasteiger partial charge in [0.05, 0.1) is 40.4 Å². The number of hydrogen-bond acceptors (Lipinski definition) is 2. The van der Waals surface area contributed by atoms with E-state index in [4.69, 9.17) is 9.47 Å². The Balaban J connectivity index is 0.00000225. The Kier molecular flexibility index (Phi) is 12.2. The van der Waals surface area contributed by atoms with Gasteiger partial charge in [-0.3, -0.25) is 0 Å². The van der Waals surface area contributed by atoms with Gasteiger partial charge in [-0.05, 0) is 67.5 Å². The number of rotatable bonds is 10. The van der Waals surface area contributed by atoms with Gasteiger partial charge in [-0.25, -0.2) is 0 Å². The van der Waals surface area contributed by atoms with Crippen LogP contribution in [0.2, 0.25) is 0 Å². The molecule has 1 aliphatic rings. The lowest BCUT2D eigenvalue weighted by molar-refractivity contribution is -0.932. The maximum Gasteiger partial charge on any atom is 0.118 e. The van der Waals surface area contributed by atoms with E-state index in [0.717, 1.165) is 11.5 Å². The van der Waals surface area contributed by atoms with Crippen LogP contribution in [-0.4, -0.2) is 44.9 Å². The van der Waals surface area contributed by atoms with Crippen LogP contribution in [0.3, 0.4) is 0 Å². The van der Waals surface area contributed by atoms with Gasteiger partial charge in [-0.2, -0.15) is 0 Å². The van der Waals surface area contributed by atoms with Gasteiger partial charge in [0.25, 0.3) is 0 Å². The first-order valence-electron chi connectivity index (χ1n) is 10.8. The van der Waals surface area contributed by atoms with Gasteiger partial charge < -0.3 is 26.4 Å². The van der Waals surface area contributed by atoms with Crippen molar-refractivity contribution < 1.29 is 26.4 Å². The van der Waals surface area contributed by atoms with Gasteiger partial charge >= 0.3 is 0 Å². The first-order valence-corrected chi connectivity index (χ1v) is 10.8. The van der Waals surface area contributed by atoms with E-state index in [1.807, 2.05) is 0 Å². The van der Waals surface area contributed by atoms with E-state index < -0.39 is 0 Å². The summed E-state index contributed by atoms with van der Waals surface area (Å²) in [5.74, 6) is 1.89. The van der Waals surface area contributed by atoms with Crippen LogP contribution in [0.5, 0.6) is 11.5 Å². The zero-order valence-electron chi connectivity index (χ0n) is 18.4. The highest BCUT2D eigenvalue weighted by atomic mass is 35.5. The van der Waals surface area contributed by atoms with Crippen LogP contribution in [-0.2, 0) is 12.8 Å². The summed E-state index contributed by atoms with van der Waals surface area (Å²) in [5.41, 5.74) is 2.85. The summed E-state index contributed by atoms with van der Waals surface area (Å²) in [4.78, 5) is 0. The molecule has 0 aromatic heterocycles. The number of ether oxygens (including phenoxy) is 2. The molecular weight excluding hydrogens is 417 g/mol. The van der Waals surface area contributed by atoms with Crippen molar-refractivity contribution in [1.82, 2.24) is 0 Å². The minimum absolute atomic E-state index is 0. The molecular formula is C25H37Cl2NO2. The lowest BCUT2D eigenvalue weighted by Gasteiger charge is -2.42. The number of benzene rings is 2. The van der Waals surface area contributed by atoms with Crippen molar-refractivity contribution in [2.24, 2.45) is 0 Å². The fourth-order valence-electron chi connectivity index (χ4n) is 4.56. The van der Waals surface area contributed by atoms with Crippen LogP contribution >= 0.6 is 12.4 Å². The van der Waals surface area contributed by atoms with Gasteiger partial charge in [0.1, 0.15) is 11.5 Å².